The molecular formula is C15H13NO2S2. The topological polar surface area (TPSA) is 46.2 Å². The van der Waals surface area contributed by atoms with Gasteiger partial charge in [0.2, 0.25) is 10.0 Å². The summed E-state index contributed by atoms with van der Waals surface area (Å²) in [6, 6.07) is 14.7. The van der Waals surface area contributed by atoms with Gasteiger partial charge in [0.15, 0.2) is 0 Å². The van der Waals surface area contributed by atoms with Gasteiger partial charge in [0.1, 0.15) is 0 Å². The lowest BCUT2D eigenvalue weighted by atomic mass is 10.1. The summed E-state index contributed by atoms with van der Waals surface area (Å²) in [7, 11) is -3.51. The Labute approximate surface area is 121 Å². The van der Waals surface area contributed by atoms with E-state index < -0.39 is 10.0 Å². The van der Waals surface area contributed by atoms with Gasteiger partial charge in [0.25, 0.3) is 0 Å². The molecule has 102 valence electrons. The predicted octanol–water partition coefficient (Wildman–Crippen LogP) is 3.38. The first kappa shape index (κ1) is 13.3. The predicted molar refractivity (Wildman–Crippen MR) is 82.3 cm³/mol. The van der Waals surface area contributed by atoms with E-state index in [0.29, 0.717) is 11.4 Å². The van der Waals surface area contributed by atoms with Gasteiger partial charge in [-0.25, -0.2) is 13.1 Å². The minimum Gasteiger partial charge on any atom is -0.207 e. The van der Waals surface area contributed by atoms with E-state index in [1.807, 2.05) is 47.2 Å². The first-order chi connectivity index (χ1) is 9.67. The van der Waals surface area contributed by atoms with Crippen LogP contribution in [0.1, 0.15) is 5.56 Å². The Kier molecular flexibility index (Phi) is 3.56. The Morgan fingerprint density at radius 3 is 2.60 bits per heavy atom. The number of benzene rings is 2. The molecule has 1 heterocycles. The molecule has 1 N–H and O–H groups in total. The van der Waals surface area contributed by atoms with Crippen molar-refractivity contribution in [2.75, 3.05) is 0 Å². The third kappa shape index (κ3) is 2.60. The van der Waals surface area contributed by atoms with Crippen LogP contribution in [0.25, 0.3) is 10.8 Å². The van der Waals surface area contributed by atoms with Gasteiger partial charge in [-0.1, -0.05) is 36.4 Å². The van der Waals surface area contributed by atoms with E-state index in [-0.39, 0.29) is 0 Å². The van der Waals surface area contributed by atoms with Crippen molar-refractivity contribution in [3.8, 4) is 0 Å². The minimum absolute atomic E-state index is 0.315. The molecule has 0 aliphatic rings. The van der Waals surface area contributed by atoms with E-state index in [0.717, 1.165) is 16.3 Å². The molecule has 0 spiro atoms. The normalized spacial score (nSPS) is 11.8. The van der Waals surface area contributed by atoms with Gasteiger partial charge in [0.05, 0.1) is 4.90 Å². The highest BCUT2D eigenvalue weighted by molar-refractivity contribution is 7.89. The van der Waals surface area contributed by atoms with Crippen molar-refractivity contribution in [3.63, 3.8) is 0 Å². The maximum atomic E-state index is 12.4. The van der Waals surface area contributed by atoms with Gasteiger partial charge in [-0.2, -0.15) is 11.3 Å². The Morgan fingerprint density at radius 1 is 1.00 bits per heavy atom. The number of hydrogen-bond donors (Lipinski definition) is 1. The molecule has 5 heteroatoms. The molecule has 0 atom stereocenters. The van der Waals surface area contributed by atoms with Crippen LogP contribution in [0.3, 0.4) is 0 Å². The van der Waals surface area contributed by atoms with Crippen molar-refractivity contribution >= 4 is 32.1 Å². The summed E-state index contributed by atoms with van der Waals surface area (Å²) < 4.78 is 27.5. The highest BCUT2D eigenvalue weighted by Crippen LogP contribution is 2.22. The Hall–Kier alpha value is -1.69. The van der Waals surface area contributed by atoms with Crippen molar-refractivity contribution in [1.29, 1.82) is 0 Å². The van der Waals surface area contributed by atoms with Crippen molar-refractivity contribution in [2.24, 2.45) is 0 Å². The molecule has 0 saturated heterocycles. The molecule has 20 heavy (non-hydrogen) atoms. The molecule has 2 aromatic carbocycles. The van der Waals surface area contributed by atoms with Gasteiger partial charge in [-0.3, -0.25) is 0 Å². The average Bonchev–Trinajstić information content (AvgIpc) is 2.98. The van der Waals surface area contributed by atoms with Crippen molar-refractivity contribution in [1.82, 2.24) is 4.72 Å². The fraction of sp³-hybridized carbons (Fsp3) is 0.0667. The zero-order valence-corrected chi connectivity index (χ0v) is 12.2. The highest BCUT2D eigenvalue weighted by atomic mass is 32.2. The molecule has 3 nitrogen and oxygen atoms in total. The van der Waals surface area contributed by atoms with Crippen molar-refractivity contribution in [2.45, 2.75) is 11.4 Å². The van der Waals surface area contributed by atoms with E-state index in [1.54, 1.807) is 23.5 Å². The average molecular weight is 303 g/mol. The summed E-state index contributed by atoms with van der Waals surface area (Å²) in [5.41, 5.74) is 0.971. The van der Waals surface area contributed by atoms with Gasteiger partial charge in [-0.05, 0) is 33.8 Å². The second-order valence-electron chi connectivity index (χ2n) is 4.43. The molecule has 0 unspecified atom stereocenters. The van der Waals surface area contributed by atoms with Crippen LogP contribution in [0.4, 0.5) is 0 Å². The second kappa shape index (κ2) is 5.36. The van der Waals surface area contributed by atoms with Crippen LogP contribution in [-0.4, -0.2) is 8.42 Å². The zero-order valence-electron chi connectivity index (χ0n) is 10.6. The highest BCUT2D eigenvalue weighted by Gasteiger charge is 2.16. The summed E-state index contributed by atoms with van der Waals surface area (Å²) in [4.78, 5) is 0.325. The first-order valence-electron chi connectivity index (χ1n) is 6.15. The quantitative estimate of drug-likeness (QED) is 0.803. The van der Waals surface area contributed by atoms with Gasteiger partial charge >= 0.3 is 0 Å². The molecule has 0 amide bonds. The number of sulfonamides is 1. The third-order valence-corrected chi connectivity index (χ3v) is 5.28. The lowest BCUT2D eigenvalue weighted by Crippen LogP contribution is -2.23. The van der Waals surface area contributed by atoms with Crippen LogP contribution < -0.4 is 4.72 Å². The van der Waals surface area contributed by atoms with E-state index in [2.05, 4.69) is 4.72 Å². The number of thiophene rings is 1. The molecule has 0 saturated carbocycles. The summed E-state index contributed by atoms with van der Waals surface area (Å²) >= 11 is 1.55. The summed E-state index contributed by atoms with van der Waals surface area (Å²) in [6.07, 6.45) is 0. The molecule has 1 aromatic heterocycles. The molecule has 0 bridgehead atoms. The van der Waals surface area contributed by atoms with Gasteiger partial charge < -0.3 is 0 Å². The summed E-state index contributed by atoms with van der Waals surface area (Å²) in [5.74, 6) is 0. The zero-order chi connectivity index (χ0) is 14.0. The largest absolute Gasteiger partial charge is 0.241 e. The van der Waals surface area contributed by atoms with Gasteiger partial charge in [-0.15, -0.1) is 0 Å². The maximum absolute atomic E-state index is 12.4. The summed E-state index contributed by atoms with van der Waals surface area (Å²) in [6.45, 7) is 0.315. The van der Waals surface area contributed by atoms with Crippen molar-refractivity contribution < 1.29 is 8.42 Å². The minimum atomic E-state index is -3.51. The maximum Gasteiger partial charge on any atom is 0.241 e. The van der Waals surface area contributed by atoms with Crippen LogP contribution in [0.15, 0.2) is 64.2 Å². The SMILES string of the molecule is O=S(=O)(NCc1ccsc1)c1cccc2ccccc12. The van der Waals surface area contributed by atoms with E-state index >= 15 is 0 Å². The lowest BCUT2D eigenvalue weighted by Gasteiger charge is -2.09. The van der Waals surface area contributed by atoms with Crippen LogP contribution >= 0.6 is 11.3 Å². The standard InChI is InChI=1S/C15H13NO2S2/c17-20(18,16-10-12-8-9-19-11-12)15-7-3-5-13-4-1-2-6-14(13)15/h1-9,11,16H,10H2. The Balaban J connectivity index is 1.97. The van der Waals surface area contributed by atoms with Crippen LogP contribution in [0, 0.1) is 0 Å². The molecule has 0 fully saturated rings. The first-order valence-corrected chi connectivity index (χ1v) is 8.58. The fourth-order valence-electron chi connectivity index (χ4n) is 2.08. The molecular weight excluding hydrogens is 290 g/mol. The molecule has 3 aromatic rings. The van der Waals surface area contributed by atoms with E-state index in [1.165, 1.54) is 0 Å². The smallest absolute Gasteiger partial charge is 0.207 e. The monoisotopic (exact) mass is 303 g/mol. The fourth-order valence-corrected chi connectivity index (χ4v) is 3.99. The number of hydrogen-bond acceptors (Lipinski definition) is 3. The molecule has 0 aliphatic heterocycles. The second-order valence-corrected chi connectivity index (χ2v) is 6.95. The Bertz CT molecular complexity index is 819. The number of nitrogens with one attached hydrogen (secondary N) is 1. The molecule has 3 rings (SSSR count). The van der Waals surface area contributed by atoms with E-state index in [9.17, 15) is 8.42 Å². The summed E-state index contributed by atoms with van der Waals surface area (Å²) in [5, 5.41) is 5.53. The van der Waals surface area contributed by atoms with Crippen LogP contribution in [-0.2, 0) is 16.6 Å². The molecule has 0 radical (unpaired) electrons. The van der Waals surface area contributed by atoms with Crippen LogP contribution in [0.2, 0.25) is 0 Å². The van der Waals surface area contributed by atoms with E-state index in [4.69, 9.17) is 0 Å². The number of fused-ring (bicyclic) bond motifs is 1. The van der Waals surface area contributed by atoms with Crippen molar-refractivity contribution in [3.05, 3.63) is 64.9 Å². The molecule has 0 aliphatic carbocycles. The van der Waals surface area contributed by atoms with Crippen LogP contribution in [0.5, 0.6) is 0 Å². The van der Waals surface area contributed by atoms with Gasteiger partial charge in [0, 0.05) is 11.9 Å². The third-order valence-electron chi connectivity index (χ3n) is 3.09. The number of rotatable bonds is 4. The lowest BCUT2D eigenvalue weighted by molar-refractivity contribution is 0.582. The Morgan fingerprint density at radius 2 is 1.80 bits per heavy atom.